The van der Waals surface area contributed by atoms with Crippen LogP contribution in [0.3, 0.4) is 0 Å². The second-order valence-corrected chi connectivity index (χ2v) is 14.4. The lowest BCUT2D eigenvalue weighted by Gasteiger charge is -2.33. The molecule has 238 valence electrons. The zero-order chi connectivity index (χ0) is 30.8. The maximum atomic E-state index is 13.9. The van der Waals surface area contributed by atoms with Gasteiger partial charge in [0.05, 0.1) is 35.9 Å². The highest BCUT2D eigenvalue weighted by Crippen LogP contribution is 2.40. The van der Waals surface area contributed by atoms with Gasteiger partial charge in [0.15, 0.2) is 0 Å². The highest BCUT2D eigenvalue weighted by Gasteiger charge is 2.35. The molecule has 2 fully saturated rings. The van der Waals surface area contributed by atoms with Crippen LogP contribution < -0.4 is 10.0 Å². The van der Waals surface area contributed by atoms with E-state index in [4.69, 9.17) is 5.10 Å². The summed E-state index contributed by atoms with van der Waals surface area (Å²) in [6.07, 6.45) is -0.328. The Morgan fingerprint density at radius 2 is 1.91 bits per heavy atom. The molecule has 43 heavy (non-hydrogen) atoms. The average molecular weight is 645 g/mol. The van der Waals surface area contributed by atoms with Crippen LogP contribution in [0.4, 0.5) is 13.2 Å². The number of halogens is 3. The standard InChI is InChI=1S/C28H39F3N6O4S2/c1-43(40,41)34-20-7-12-35(13-8-20)16-21(38)17-37-24-6-9-32-15-22(24)27(33-37)19-4-5-23(28(29,30)31)25(14-19)42-18-26(39)36-10-2-3-11-36/h4-5,14,20-21,32,34,38H,2-3,6-13,15-18H2,1H3. The van der Waals surface area contributed by atoms with E-state index in [1.165, 1.54) is 12.1 Å². The van der Waals surface area contributed by atoms with Crippen LogP contribution in [0.15, 0.2) is 23.1 Å². The lowest BCUT2D eigenvalue weighted by Crippen LogP contribution is -2.46. The van der Waals surface area contributed by atoms with E-state index in [1.807, 2.05) is 0 Å². The molecule has 10 nitrogen and oxygen atoms in total. The number of rotatable bonds is 10. The number of alkyl halides is 3. The average Bonchev–Trinajstić information content (AvgIpc) is 3.61. The van der Waals surface area contributed by atoms with Gasteiger partial charge in [0, 0.05) is 66.9 Å². The number of sulfonamides is 1. The Bertz CT molecular complexity index is 1400. The Balaban J connectivity index is 1.31. The van der Waals surface area contributed by atoms with E-state index >= 15 is 0 Å². The number of aromatic nitrogens is 2. The van der Waals surface area contributed by atoms with Crippen LogP contribution in [-0.4, -0.2) is 102 Å². The van der Waals surface area contributed by atoms with E-state index in [-0.39, 0.29) is 29.1 Å². The normalized spacial score (nSPS) is 19.5. The monoisotopic (exact) mass is 644 g/mol. The van der Waals surface area contributed by atoms with E-state index in [2.05, 4.69) is 14.9 Å². The Morgan fingerprint density at radius 3 is 2.58 bits per heavy atom. The molecule has 0 aliphatic carbocycles. The molecule has 0 spiro atoms. The van der Waals surface area contributed by atoms with Crippen molar-refractivity contribution in [1.29, 1.82) is 0 Å². The van der Waals surface area contributed by atoms with Gasteiger partial charge in [-0.2, -0.15) is 18.3 Å². The van der Waals surface area contributed by atoms with Crippen molar-refractivity contribution in [3.63, 3.8) is 0 Å². The van der Waals surface area contributed by atoms with Gasteiger partial charge in [0.2, 0.25) is 15.9 Å². The summed E-state index contributed by atoms with van der Waals surface area (Å²) in [6, 6.07) is 3.87. The molecule has 0 bridgehead atoms. The van der Waals surface area contributed by atoms with Crippen LogP contribution in [0.5, 0.6) is 0 Å². The van der Waals surface area contributed by atoms with Crippen molar-refractivity contribution in [3.05, 3.63) is 35.0 Å². The quantitative estimate of drug-likeness (QED) is 0.338. The molecule has 0 radical (unpaired) electrons. The molecule has 15 heteroatoms. The summed E-state index contributed by atoms with van der Waals surface area (Å²) in [5.74, 6) is -0.217. The number of benzene rings is 1. The third kappa shape index (κ3) is 8.31. The lowest BCUT2D eigenvalue weighted by atomic mass is 10.0. The molecule has 3 N–H and O–H groups in total. The molecule has 3 aliphatic heterocycles. The molecule has 5 rings (SSSR count). The summed E-state index contributed by atoms with van der Waals surface area (Å²) in [4.78, 5) is 16.4. The number of β-amino-alcohol motifs (C(OH)–C–C–N with tert-alkyl or cyclic N) is 1. The number of nitrogens with one attached hydrogen (secondary N) is 2. The minimum atomic E-state index is -4.56. The van der Waals surface area contributed by atoms with Gasteiger partial charge in [0.1, 0.15) is 0 Å². The zero-order valence-corrected chi connectivity index (χ0v) is 25.8. The van der Waals surface area contributed by atoms with Gasteiger partial charge in [-0.15, -0.1) is 11.8 Å². The smallest absolute Gasteiger partial charge is 0.390 e. The molecule has 2 saturated heterocycles. The first kappa shape index (κ1) is 32.2. The summed E-state index contributed by atoms with van der Waals surface area (Å²) < 4.78 is 69.2. The molecule has 1 aromatic heterocycles. The number of carbonyl (C=O) groups is 1. The van der Waals surface area contributed by atoms with Crippen LogP contribution in [0, 0.1) is 0 Å². The molecule has 1 unspecified atom stereocenters. The molecule has 0 saturated carbocycles. The Labute approximate surface area is 254 Å². The number of fused-ring (bicyclic) bond motifs is 1. The summed E-state index contributed by atoms with van der Waals surface area (Å²) >= 11 is 0.910. The first-order chi connectivity index (χ1) is 20.4. The maximum absolute atomic E-state index is 13.9. The summed E-state index contributed by atoms with van der Waals surface area (Å²) in [5.41, 5.74) is 2.19. The molecule has 2 aromatic rings. The molecular formula is C28H39F3N6O4S2. The van der Waals surface area contributed by atoms with Crippen LogP contribution in [0.1, 0.15) is 42.5 Å². The van der Waals surface area contributed by atoms with Gasteiger partial charge >= 0.3 is 6.18 Å². The fraction of sp³-hybridized carbons (Fsp3) is 0.643. The number of thioether (sulfide) groups is 1. The van der Waals surface area contributed by atoms with Gasteiger partial charge in [0.25, 0.3) is 0 Å². The van der Waals surface area contributed by atoms with Crippen LogP contribution in [-0.2, 0) is 40.5 Å². The van der Waals surface area contributed by atoms with Crippen molar-refractivity contribution >= 4 is 27.7 Å². The van der Waals surface area contributed by atoms with Crippen molar-refractivity contribution in [3.8, 4) is 11.3 Å². The maximum Gasteiger partial charge on any atom is 0.417 e. The fourth-order valence-corrected chi connectivity index (χ4v) is 7.97. The van der Waals surface area contributed by atoms with Crippen molar-refractivity contribution in [1.82, 2.24) is 29.6 Å². The predicted octanol–water partition coefficient (Wildman–Crippen LogP) is 2.30. The molecular weight excluding hydrogens is 605 g/mol. The molecule has 1 amide bonds. The first-order valence-corrected chi connectivity index (χ1v) is 17.5. The van der Waals surface area contributed by atoms with Gasteiger partial charge in [-0.05, 0) is 50.9 Å². The number of hydrogen-bond acceptors (Lipinski definition) is 8. The third-order valence-electron chi connectivity index (χ3n) is 8.20. The number of carbonyl (C=O) groups excluding carboxylic acids is 1. The Morgan fingerprint density at radius 1 is 1.19 bits per heavy atom. The number of hydrogen-bond donors (Lipinski definition) is 3. The van der Waals surface area contributed by atoms with Crippen molar-refractivity contribution in [2.45, 2.75) is 68.4 Å². The Hall–Kier alpha value is -2.17. The van der Waals surface area contributed by atoms with E-state index < -0.39 is 27.9 Å². The summed E-state index contributed by atoms with van der Waals surface area (Å²) in [7, 11) is -3.27. The number of aliphatic hydroxyl groups is 1. The Kier molecular flexibility index (Phi) is 10.1. The van der Waals surface area contributed by atoms with Gasteiger partial charge in [-0.25, -0.2) is 13.1 Å². The minimum absolute atomic E-state index is 0.00147. The van der Waals surface area contributed by atoms with Crippen LogP contribution in [0.25, 0.3) is 11.3 Å². The second-order valence-electron chi connectivity index (χ2n) is 11.6. The van der Waals surface area contributed by atoms with Crippen molar-refractivity contribution in [2.24, 2.45) is 0 Å². The minimum Gasteiger partial charge on any atom is -0.390 e. The third-order valence-corrected chi connectivity index (χ3v) is 10.00. The number of aliphatic hydroxyl groups excluding tert-OH is 1. The number of likely N-dealkylation sites (tertiary alicyclic amines) is 2. The SMILES string of the molecule is CS(=O)(=O)NC1CCN(CC(O)Cn2nc(-c3ccc(C(F)(F)F)c(SCC(=O)N4CCCC4)c3)c3c2CCNC3)CC1. The fourth-order valence-electron chi connectivity index (χ4n) is 6.11. The second kappa shape index (κ2) is 13.4. The van der Waals surface area contributed by atoms with Crippen molar-refractivity contribution < 1.29 is 31.5 Å². The van der Waals surface area contributed by atoms with Gasteiger partial charge in [-0.3, -0.25) is 9.48 Å². The molecule has 3 aliphatic rings. The number of amides is 1. The lowest BCUT2D eigenvalue weighted by molar-refractivity contribution is -0.139. The number of nitrogens with zero attached hydrogens (tertiary/aromatic N) is 4. The summed E-state index contributed by atoms with van der Waals surface area (Å²) in [6.45, 7) is 4.47. The first-order valence-electron chi connectivity index (χ1n) is 14.7. The number of piperidine rings is 1. The molecule has 1 aromatic carbocycles. The highest BCUT2D eigenvalue weighted by atomic mass is 32.2. The topological polar surface area (TPSA) is 120 Å². The van der Waals surface area contributed by atoms with E-state index in [9.17, 15) is 31.5 Å². The van der Waals surface area contributed by atoms with E-state index in [0.29, 0.717) is 69.8 Å². The van der Waals surface area contributed by atoms with Crippen molar-refractivity contribution in [2.75, 3.05) is 51.3 Å². The van der Waals surface area contributed by atoms with E-state index in [1.54, 1.807) is 9.58 Å². The highest BCUT2D eigenvalue weighted by molar-refractivity contribution is 8.00. The van der Waals surface area contributed by atoms with E-state index in [0.717, 1.165) is 54.7 Å². The van der Waals surface area contributed by atoms with Gasteiger partial charge in [-0.1, -0.05) is 6.07 Å². The zero-order valence-electron chi connectivity index (χ0n) is 24.2. The van der Waals surface area contributed by atoms with Crippen LogP contribution >= 0.6 is 11.8 Å². The van der Waals surface area contributed by atoms with Crippen LogP contribution in [0.2, 0.25) is 0 Å². The van der Waals surface area contributed by atoms with Gasteiger partial charge < -0.3 is 20.2 Å². The summed E-state index contributed by atoms with van der Waals surface area (Å²) in [5, 5.41) is 19.1. The largest absolute Gasteiger partial charge is 0.417 e. The molecule has 1 atom stereocenters. The predicted molar refractivity (Wildman–Crippen MR) is 158 cm³/mol. The molecule has 4 heterocycles.